The van der Waals surface area contributed by atoms with Gasteiger partial charge in [-0.25, -0.2) is 0 Å². The van der Waals surface area contributed by atoms with Crippen LogP contribution in [0.5, 0.6) is 0 Å². The third-order valence-electron chi connectivity index (χ3n) is 3.20. The van der Waals surface area contributed by atoms with Gasteiger partial charge in [0.25, 0.3) is 0 Å². The minimum atomic E-state index is -0.560. The van der Waals surface area contributed by atoms with E-state index in [0.717, 1.165) is 19.3 Å². The van der Waals surface area contributed by atoms with Gasteiger partial charge in [0.15, 0.2) is 11.3 Å². The van der Waals surface area contributed by atoms with Gasteiger partial charge in [-0.2, -0.15) is 0 Å². The zero-order chi connectivity index (χ0) is 14.5. The monoisotopic (exact) mass is 272 g/mol. The number of nitro groups is 1. The van der Waals surface area contributed by atoms with Crippen molar-refractivity contribution in [3.8, 4) is 0 Å². The van der Waals surface area contributed by atoms with Gasteiger partial charge in [-0.15, -0.1) is 0 Å². The Balaban J connectivity index is 2.44. The summed E-state index contributed by atoms with van der Waals surface area (Å²) in [4.78, 5) is 26.6. The van der Waals surface area contributed by atoms with E-state index in [1.54, 1.807) is 24.3 Å². The predicted octanol–water partition coefficient (Wildman–Crippen LogP) is 3.91. The van der Waals surface area contributed by atoms with E-state index in [1.165, 1.54) is 6.07 Å². The van der Waals surface area contributed by atoms with Gasteiger partial charge in [0, 0.05) is 23.4 Å². The number of carbonyl (C=O) groups is 1. The number of carbonyl (C=O) groups excluding carboxylic acids is 1. The minimum absolute atomic E-state index is 0.0554. The summed E-state index contributed by atoms with van der Waals surface area (Å²) >= 11 is 0. The van der Waals surface area contributed by atoms with Crippen LogP contribution >= 0.6 is 0 Å². The lowest BCUT2D eigenvalue weighted by molar-refractivity contribution is -0.389. The molecule has 0 amide bonds. The molecule has 0 bridgehead atoms. The van der Waals surface area contributed by atoms with Crippen molar-refractivity contribution >= 4 is 22.5 Å². The van der Waals surface area contributed by atoms with Crippen molar-refractivity contribution in [2.45, 2.75) is 32.6 Å². The van der Waals surface area contributed by atoms with Crippen LogP contribution in [0.4, 0.5) is 5.82 Å². The number of nitrogens with zero attached hydrogens (tertiary/aromatic N) is 2. The number of ketones is 1. The number of hydrogen-bond donors (Lipinski definition) is 0. The second kappa shape index (κ2) is 6.23. The fraction of sp³-hybridized carbons (Fsp3) is 0.333. The second-order valence-corrected chi connectivity index (χ2v) is 4.68. The molecule has 20 heavy (non-hydrogen) atoms. The van der Waals surface area contributed by atoms with Crippen molar-refractivity contribution in [2.24, 2.45) is 0 Å². The zero-order valence-electron chi connectivity index (χ0n) is 11.3. The quantitative estimate of drug-likeness (QED) is 0.346. The fourth-order valence-corrected chi connectivity index (χ4v) is 2.16. The molecule has 1 heterocycles. The van der Waals surface area contributed by atoms with Crippen molar-refractivity contribution in [1.82, 2.24) is 4.98 Å². The molecule has 0 aliphatic carbocycles. The average molecular weight is 272 g/mol. The Morgan fingerprint density at radius 3 is 2.75 bits per heavy atom. The summed E-state index contributed by atoms with van der Waals surface area (Å²) < 4.78 is 0. The Morgan fingerprint density at radius 1 is 1.30 bits per heavy atom. The summed E-state index contributed by atoms with van der Waals surface area (Å²) in [6.45, 7) is 2.07. The number of hydrogen-bond acceptors (Lipinski definition) is 4. The van der Waals surface area contributed by atoms with E-state index in [1.807, 2.05) is 0 Å². The smallest absolute Gasteiger partial charge is 0.358 e. The van der Waals surface area contributed by atoms with Crippen LogP contribution in [0.15, 0.2) is 30.3 Å². The molecule has 0 N–H and O–H groups in total. The third-order valence-corrected chi connectivity index (χ3v) is 3.20. The van der Waals surface area contributed by atoms with Gasteiger partial charge in [-0.1, -0.05) is 31.9 Å². The molecular formula is C15H16N2O3. The molecule has 0 saturated carbocycles. The lowest BCUT2D eigenvalue weighted by atomic mass is 10.0. The molecular weight excluding hydrogens is 256 g/mol. The predicted molar refractivity (Wildman–Crippen MR) is 76.9 cm³/mol. The van der Waals surface area contributed by atoms with E-state index in [9.17, 15) is 14.9 Å². The number of fused-ring (bicyclic) bond motifs is 1. The van der Waals surface area contributed by atoms with Crippen molar-refractivity contribution in [1.29, 1.82) is 0 Å². The van der Waals surface area contributed by atoms with E-state index in [4.69, 9.17) is 0 Å². The van der Waals surface area contributed by atoms with Crippen LogP contribution in [0, 0.1) is 10.1 Å². The van der Waals surface area contributed by atoms with Crippen LogP contribution in [-0.2, 0) is 0 Å². The van der Waals surface area contributed by atoms with Crippen molar-refractivity contribution < 1.29 is 9.72 Å². The number of benzene rings is 1. The lowest BCUT2D eigenvalue weighted by Gasteiger charge is -2.04. The normalized spacial score (nSPS) is 10.7. The van der Waals surface area contributed by atoms with Gasteiger partial charge in [-0.3, -0.25) is 4.79 Å². The van der Waals surface area contributed by atoms with E-state index >= 15 is 0 Å². The maximum Gasteiger partial charge on any atom is 0.364 e. The second-order valence-electron chi connectivity index (χ2n) is 4.68. The number of aromatic nitrogens is 1. The molecule has 0 spiro atoms. The summed E-state index contributed by atoms with van der Waals surface area (Å²) in [5.74, 6) is -0.331. The Morgan fingerprint density at radius 2 is 2.05 bits per heavy atom. The highest BCUT2D eigenvalue weighted by atomic mass is 16.6. The molecule has 1 aromatic heterocycles. The van der Waals surface area contributed by atoms with Crippen LogP contribution in [0.2, 0.25) is 0 Å². The van der Waals surface area contributed by atoms with Crippen LogP contribution < -0.4 is 0 Å². The topological polar surface area (TPSA) is 73.1 Å². The molecule has 2 aromatic rings. The minimum Gasteiger partial charge on any atom is -0.358 e. The number of Topliss-reactive ketones (excluding diaryl/α,β-unsaturated/α-hetero) is 1. The number of para-hydroxylation sites is 1. The Kier molecular flexibility index (Phi) is 4.40. The van der Waals surface area contributed by atoms with Crippen LogP contribution in [0.3, 0.4) is 0 Å². The number of rotatable bonds is 6. The first-order chi connectivity index (χ1) is 9.63. The van der Waals surface area contributed by atoms with Crippen molar-refractivity contribution in [3.63, 3.8) is 0 Å². The Labute approximate surface area is 116 Å². The average Bonchev–Trinajstić information content (AvgIpc) is 2.46. The standard InChI is InChI=1S/C15H16N2O3/c1-2-3-4-9-14(18)12-10-15(17(19)20)16-13-8-6-5-7-11(12)13/h5-8,10H,2-4,9H2,1H3. The molecule has 0 atom stereocenters. The summed E-state index contributed by atoms with van der Waals surface area (Å²) in [6.07, 6.45) is 3.24. The van der Waals surface area contributed by atoms with Gasteiger partial charge in [0.2, 0.25) is 0 Å². The number of pyridine rings is 1. The van der Waals surface area contributed by atoms with Gasteiger partial charge in [0.1, 0.15) is 0 Å². The van der Waals surface area contributed by atoms with Crippen molar-refractivity contribution in [3.05, 3.63) is 46.0 Å². The maximum absolute atomic E-state index is 12.3. The first kappa shape index (κ1) is 14.1. The molecule has 0 fully saturated rings. The van der Waals surface area contributed by atoms with E-state index in [0.29, 0.717) is 22.9 Å². The van der Waals surface area contributed by atoms with Gasteiger partial charge < -0.3 is 10.1 Å². The molecule has 0 aliphatic rings. The highest BCUT2D eigenvalue weighted by molar-refractivity contribution is 6.07. The Hall–Kier alpha value is -2.30. The molecule has 0 saturated heterocycles. The van der Waals surface area contributed by atoms with Gasteiger partial charge in [0.05, 0.1) is 0 Å². The summed E-state index contributed by atoms with van der Waals surface area (Å²) in [6, 6.07) is 8.31. The summed E-state index contributed by atoms with van der Waals surface area (Å²) in [7, 11) is 0. The first-order valence-corrected chi connectivity index (χ1v) is 6.71. The third kappa shape index (κ3) is 2.99. The Bertz CT molecular complexity index is 653. The molecule has 104 valence electrons. The molecule has 0 unspecified atom stereocenters. The largest absolute Gasteiger partial charge is 0.364 e. The van der Waals surface area contributed by atoms with E-state index < -0.39 is 4.92 Å². The van der Waals surface area contributed by atoms with Crippen LogP contribution in [0.1, 0.15) is 43.0 Å². The highest BCUT2D eigenvalue weighted by Gasteiger charge is 2.18. The molecule has 2 rings (SSSR count). The fourth-order valence-electron chi connectivity index (χ4n) is 2.16. The molecule has 0 aliphatic heterocycles. The summed E-state index contributed by atoms with van der Waals surface area (Å²) in [5.41, 5.74) is 0.888. The van der Waals surface area contributed by atoms with Gasteiger partial charge in [-0.05, 0) is 28.5 Å². The number of unbranched alkanes of at least 4 members (excludes halogenated alkanes) is 2. The highest BCUT2D eigenvalue weighted by Crippen LogP contribution is 2.23. The maximum atomic E-state index is 12.3. The van der Waals surface area contributed by atoms with E-state index in [2.05, 4.69) is 11.9 Å². The van der Waals surface area contributed by atoms with Crippen LogP contribution in [0.25, 0.3) is 10.9 Å². The molecule has 5 nitrogen and oxygen atoms in total. The van der Waals surface area contributed by atoms with Gasteiger partial charge >= 0.3 is 5.82 Å². The van der Waals surface area contributed by atoms with Crippen molar-refractivity contribution in [2.75, 3.05) is 0 Å². The first-order valence-electron chi connectivity index (χ1n) is 6.71. The van der Waals surface area contributed by atoms with Crippen LogP contribution in [-0.4, -0.2) is 15.7 Å². The molecule has 1 aromatic carbocycles. The van der Waals surface area contributed by atoms with E-state index in [-0.39, 0.29) is 11.6 Å². The zero-order valence-corrected chi connectivity index (χ0v) is 11.3. The molecule has 0 radical (unpaired) electrons. The molecule has 5 heteroatoms. The summed E-state index contributed by atoms with van der Waals surface area (Å²) in [5, 5.41) is 11.6. The SMILES string of the molecule is CCCCCC(=O)c1cc([N+](=O)[O-])nc2ccccc12. The lowest BCUT2D eigenvalue weighted by Crippen LogP contribution is -2.03.